The highest BCUT2D eigenvalue weighted by Gasteiger charge is 2.38. The van der Waals surface area contributed by atoms with E-state index in [1.165, 1.54) is 11.1 Å². The van der Waals surface area contributed by atoms with Crippen molar-refractivity contribution in [1.29, 1.82) is 0 Å². The van der Waals surface area contributed by atoms with Crippen molar-refractivity contribution >= 4 is 5.91 Å². The third-order valence-electron chi connectivity index (χ3n) is 4.65. The summed E-state index contributed by atoms with van der Waals surface area (Å²) in [5, 5.41) is 0. The molecule has 2 heteroatoms. The Labute approximate surface area is 132 Å². The summed E-state index contributed by atoms with van der Waals surface area (Å²) in [7, 11) is 0. The highest BCUT2D eigenvalue weighted by Crippen LogP contribution is 2.31. The van der Waals surface area contributed by atoms with Crippen molar-refractivity contribution in [2.75, 3.05) is 6.54 Å². The zero-order valence-electron chi connectivity index (χ0n) is 13.1. The zero-order valence-corrected chi connectivity index (χ0v) is 13.1. The molecule has 1 saturated heterocycles. The lowest BCUT2D eigenvalue weighted by Gasteiger charge is -2.16. The predicted octanol–water partition coefficient (Wildman–Crippen LogP) is 3.91. The van der Waals surface area contributed by atoms with Gasteiger partial charge in [0.25, 0.3) is 0 Å². The molecule has 0 saturated carbocycles. The zero-order chi connectivity index (χ0) is 15.4. The molecule has 2 aromatic rings. The molecule has 2 aromatic carbocycles. The average molecular weight is 293 g/mol. The molecule has 1 amide bonds. The molecule has 22 heavy (non-hydrogen) atoms. The van der Waals surface area contributed by atoms with Crippen LogP contribution in [0.15, 0.2) is 60.7 Å². The van der Waals surface area contributed by atoms with E-state index in [1.807, 2.05) is 29.2 Å². The lowest BCUT2D eigenvalue weighted by molar-refractivity contribution is -0.131. The van der Waals surface area contributed by atoms with Crippen LogP contribution in [0.25, 0.3) is 0 Å². The quantitative estimate of drug-likeness (QED) is 0.818. The van der Waals surface area contributed by atoms with E-state index in [0.717, 1.165) is 25.9 Å². The largest absolute Gasteiger partial charge is 0.338 e. The third-order valence-corrected chi connectivity index (χ3v) is 4.65. The van der Waals surface area contributed by atoms with Crippen molar-refractivity contribution in [2.24, 2.45) is 11.8 Å². The fraction of sp³-hybridized carbons (Fsp3) is 0.350. The number of likely N-dealkylation sites (tertiary alicyclic amines) is 1. The smallest absolute Gasteiger partial charge is 0.226 e. The second-order valence-electron chi connectivity index (χ2n) is 6.17. The molecule has 1 aliphatic rings. The van der Waals surface area contributed by atoms with Gasteiger partial charge in [0.1, 0.15) is 0 Å². The van der Waals surface area contributed by atoms with Gasteiger partial charge in [-0.15, -0.1) is 0 Å². The van der Waals surface area contributed by atoms with Gasteiger partial charge in [0.05, 0.1) is 0 Å². The van der Waals surface area contributed by atoms with Crippen LogP contribution in [0.5, 0.6) is 0 Å². The van der Waals surface area contributed by atoms with Gasteiger partial charge in [0.15, 0.2) is 0 Å². The summed E-state index contributed by atoms with van der Waals surface area (Å²) in [6, 6.07) is 20.8. The van der Waals surface area contributed by atoms with Gasteiger partial charge in [0.2, 0.25) is 5.91 Å². The van der Waals surface area contributed by atoms with Crippen molar-refractivity contribution in [3.63, 3.8) is 0 Å². The van der Waals surface area contributed by atoms with Crippen LogP contribution in [0.3, 0.4) is 0 Å². The van der Waals surface area contributed by atoms with Crippen LogP contribution in [0, 0.1) is 11.8 Å². The molecule has 0 bridgehead atoms. The Balaban J connectivity index is 1.71. The second kappa shape index (κ2) is 6.78. The van der Waals surface area contributed by atoms with Crippen LogP contribution >= 0.6 is 0 Å². The van der Waals surface area contributed by atoms with Crippen molar-refractivity contribution in [2.45, 2.75) is 26.3 Å². The van der Waals surface area contributed by atoms with E-state index in [9.17, 15) is 4.79 Å². The first-order valence-corrected chi connectivity index (χ1v) is 8.14. The number of amides is 1. The molecule has 0 unspecified atom stereocenters. The third kappa shape index (κ3) is 3.22. The molecular formula is C20H23NO. The van der Waals surface area contributed by atoms with E-state index in [2.05, 4.69) is 43.3 Å². The second-order valence-corrected chi connectivity index (χ2v) is 6.17. The Bertz CT molecular complexity index is 608. The first kappa shape index (κ1) is 14.8. The van der Waals surface area contributed by atoms with Gasteiger partial charge in [-0.25, -0.2) is 0 Å². The Hall–Kier alpha value is -2.09. The first-order valence-electron chi connectivity index (χ1n) is 8.14. The first-order chi connectivity index (χ1) is 10.8. The van der Waals surface area contributed by atoms with Crippen LogP contribution in [-0.4, -0.2) is 17.4 Å². The summed E-state index contributed by atoms with van der Waals surface area (Å²) in [6.07, 6.45) is 1.93. The maximum absolute atomic E-state index is 12.7. The Kier molecular flexibility index (Phi) is 4.57. The highest BCUT2D eigenvalue weighted by molar-refractivity contribution is 5.81. The lowest BCUT2D eigenvalue weighted by atomic mass is 9.88. The van der Waals surface area contributed by atoms with Gasteiger partial charge in [0, 0.05) is 19.0 Å². The van der Waals surface area contributed by atoms with E-state index < -0.39 is 0 Å². The summed E-state index contributed by atoms with van der Waals surface area (Å²) >= 11 is 0. The molecular weight excluding hydrogens is 270 g/mol. The normalized spacial score (nSPS) is 21.3. The van der Waals surface area contributed by atoms with Crippen LogP contribution in [0.2, 0.25) is 0 Å². The Morgan fingerprint density at radius 2 is 1.55 bits per heavy atom. The van der Waals surface area contributed by atoms with E-state index in [-0.39, 0.29) is 5.92 Å². The molecule has 0 aromatic heterocycles. The molecule has 2 nitrogen and oxygen atoms in total. The van der Waals surface area contributed by atoms with Crippen LogP contribution < -0.4 is 0 Å². The standard InChI is InChI=1S/C20H23NO/c1-2-19-18(13-16-9-5-3-6-10-16)15-21(20(19)22)14-17-11-7-4-8-12-17/h3-12,18-19H,2,13-15H2,1H3/t18-,19+/m1/s1. The molecule has 1 heterocycles. The van der Waals surface area contributed by atoms with Gasteiger partial charge >= 0.3 is 0 Å². The van der Waals surface area contributed by atoms with Crippen molar-refractivity contribution in [1.82, 2.24) is 4.90 Å². The fourth-order valence-electron chi connectivity index (χ4n) is 3.51. The van der Waals surface area contributed by atoms with Crippen LogP contribution in [-0.2, 0) is 17.8 Å². The number of carbonyl (C=O) groups excluding carboxylic acids is 1. The summed E-state index contributed by atoms with van der Waals surface area (Å²) in [4.78, 5) is 14.7. The molecule has 3 rings (SSSR count). The van der Waals surface area contributed by atoms with Crippen molar-refractivity contribution < 1.29 is 4.79 Å². The molecule has 0 radical (unpaired) electrons. The topological polar surface area (TPSA) is 20.3 Å². The average Bonchev–Trinajstić information content (AvgIpc) is 2.84. The number of hydrogen-bond donors (Lipinski definition) is 0. The maximum atomic E-state index is 12.7. The summed E-state index contributed by atoms with van der Waals surface area (Å²) < 4.78 is 0. The van der Waals surface area contributed by atoms with Gasteiger partial charge in [-0.2, -0.15) is 0 Å². The number of nitrogens with zero attached hydrogens (tertiary/aromatic N) is 1. The van der Waals surface area contributed by atoms with Gasteiger partial charge < -0.3 is 4.90 Å². The SMILES string of the molecule is CC[C@@H]1C(=O)N(Cc2ccccc2)C[C@H]1Cc1ccccc1. The monoisotopic (exact) mass is 293 g/mol. The number of rotatable bonds is 5. The van der Waals surface area contributed by atoms with Gasteiger partial charge in [-0.3, -0.25) is 4.79 Å². The summed E-state index contributed by atoms with van der Waals surface area (Å²) in [5.74, 6) is 0.930. The molecule has 0 aliphatic carbocycles. The summed E-state index contributed by atoms with van der Waals surface area (Å²) in [5.41, 5.74) is 2.55. The molecule has 0 spiro atoms. The Morgan fingerprint density at radius 3 is 2.14 bits per heavy atom. The van der Waals surface area contributed by atoms with Gasteiger partial charge in [-0.1, -0.05) is 67.6 Å². The number of hydrogen-bond acceptors (Lipinski definition) is 1. The van der Waals surface area contributed by atoms with E-state index in [0.29, 0.717) is 11.8 Å². The number of benzene rings is 2. The molecule has 2 atom stereocenters. The minimum absolute atomic E-state index is 0.170. The van der Waals surface area contributed by atoms with Gasteiger partial charge in [-0.05, 0) is 29.9 Å². The minimum Gasteiger partial charge on any atom is -0.338 e. The fourth-order valence-corrected chi connectivity index (χ4v) is 3.51. The van der Waals surface area contributed by atoms with Crippen LogP contribution in [0.1, 0.15) is 24.5 Å². The molecule has 1 aliphatic heterocycles. The Morgan fingerprint density at radius 1 is 0.955 bits per heavy atom. The molecule has 1 fully saturated rings. The van der Waals surface area contributed by atoms with E-state index >= 15 is 0 Å². The maximum Gasteiger partial charge on any atom is 0.226 e. The minimum atomic E-state index is 0.170. The van der Waals surface area contributed by atoms with Crippen LogP contribution in [0.4, 0.5) is 0 Å². The predicted molar refractivity (Wildman–Crippen MR) is 89.3 cm³/mol. The van der Waals surface area contributed by atoms with E-state index in [1.54, 1.807) is 0 Å². The number of carbonyl (C=O) groups is 1. The molecule has 114 valence electrons. The summed E-state index contributed by atoms with van der Waals surface area (Å²) in [6.45, 7) is 3.75. The van der Waals surface area contributed by atoms with Crippen molar-refractivity contribution in [3.8, 4) is 0 Å². The lowest BCUT2D eigenvalue weighted by Crippen LogP contribution is -2.26. The van der Waals surface area contributed by atoms with E-state index in [4.69, 9.17) is 0 Å². The van der Waals surface area contributed by atoms with Crippen molar-refractivity contribution in [3.05, 3.63) is 71.8 Å². The molecule has 0 N–H and O–H groups in total. The highest BCUT2D eigenvalue weighted by atomic mass is 16.2.